The van der Waals surface area contributed by atoms with E-state index in [0.29, 0.717) is 0 Å². The van der Waals surface area contributed by atoms with Crippen molar-refractivity contribution in [3.8, 4) is 5.75 Å². The number of carbonyl (C=O) groups excluding carboxylic acids is 1. The van der Waals surface area contributed by atoms with Crippen molar-refractivity contribution in [2.45, 2.75) is 24.7 Å². The quantitative estimate of drug-likeness (QED) is 0.909. The van der Waals surface area contributed by atoms with Crippen molar-refractivity contribution >= 4 is 17.3 Å². The van der Waals surface area contributed by atoms with Gasteiger partial charge in [-0.15, -0.1) is 0 Å². The second-order valence-corrected chi connectivity index (χ2v) is 6.53. The number of methoxy groups -OCH3 is 1. The normalized spacial score (nSPS) is 15.3. The van der Waals surface area contributed by atoms with E-state index in [1.165, 1.54) is 0 Å². The number of carbonyl (C=O) groups is 1. The maximum Gasteiger partial charge on any atom is 0.235 e. The van der Waals surface area contributed by atoms with Crippen molar-refractivity contribution in [2.24, 2.45) is 0 Å². The van der Waals surface area contributed by atoms with Crippen LogP contribution in [0.2, 0.25) is 0 Å². The molecule has 1 fully saturated rings. The van der Waals surface area contributed by atoms with Gasteiger partial charge < -0.3 is 15.0 Å². The lowest BCUT2D eigenvalue weighted by atomic mass is 9.63. The molecular formula is C20H24N2O2. The van der Waals surface area contributed by atoms with E-state index in [0.717, 1.165) is 42.0 Å². The van der Waals surface area contributed by atoms with Crippen LogP contribution in [0.25, 0.3) is 0 Å². The molecule has 0 aromatic heterocycles. The molecule has 1 N–H and O–H groups in total. The highest BCUT2D eigenvalue weighted by Crippen LogP contribution is 2.47. The summed E-state index contributed by atoms with van der Waals surface area (Å²) in [4.78, 5) is 15.1. The van der Waals surface area contributed by atoms with Crippen molar-refractivity contribution < 1.29 is 9.53 Å². The topological polar surface area (TPSA) is 41.6 Å². The number of rotatable bonds is 5. The molecule has 4 heteroatoms. The van der Waals surface area contributed by atoms with E-state index in [-0.39, 0.29) is 5.91 Å². The molecular weight excluding hydrogens is 300 g/mol. The van der Waals surface area contributed by atoms with Crippen molar-refractivity contribution in [1.82, 2.24) is 0 Å². The van der Waals surface area contributed by atoms with E-state index in [4.69, 9.17) is 4.74 Å². The molecule has 1 aliphatic carbocycles. The van der Waals surface area contributed by atoms with Crippen molar-refractivity contribution in [3.63, 3.8) is 0 Å². The van der Waals surface area contributed by atoms with Crippen LogP contribution in [0.1, 0.15) is 24.8 Å². The van der Waals surface area contributed by atoms with Gasteiger partial charge in [-0.25, -0.2) is 0 Å². The van der Waals surface area contributed by atoms with E-state index in [1.807, 2.05) is 67.5 Å². The van der Waals surface area contributed by atoms with Gasteiger partial charge in [-0.2, -0.15) is 0 Å². The summed E-state index contributed by atoms with van der Waals surface area (Å²) in [7, 11) is 5.65. The molecule has 0 radical (unpaired) electrons. The van der Waals surface area contributed by atoms with Crippen LogP contribution in [-0.4, -0.2) is 27.1 Å². The van der Waals surface area contributed by atoms with Gasteiger partial charge in [0, 0.05) is 31.0 Å². The largest absolute Gasteiger partial charge is 0.496 e. The van der Waals surface area contributed by atoms with Crippen LogP contribution in [0.5, 0.6) is 5.75 Å². The molecule has 2 aromatic rings. The van der Waals surface area contributed by atoms with Crippen LogP contribution in [0.3, 0.4) is 0 Å². The van der Waals surface area contributed by atoms with Gasteiger partial charge in [-0.05, 0) is 43.2 Å². The second-order valence-electron chi connectivity index (χ2n) is 6.53. The minimum absolute atomic E-state index is 0.0517. The van der Waals surface area contributed by atoms with Gasteiger partial charge >= 0.3 is 0 Å². The van der Waals surface area contributed by atoms with Gasteiger partial charge in [-0.1, -0.05) is 24.6 Å². The maximum atomic E-state index is 13.0. The van der Waals surface area contributed by atoms with E-state index < -0.39 is 5.41 Å². The number of nitrogens with one attached hydrogen (secondary N) is 1. The minimum Gasteiger partial charge on any atom is -0.496 e. The summed E-state index contributed by atoms with van der Waals surface area (Å²) in [6.07, 6.45) is 2.77. The highest BCUT2D eigenvalue weighted by Gasteiger charge is 2.47. The predicted octanol–water partition coefficient (Wildman–Crippen LogP) is 3.82. The lowest BCUT2D eigenvalue weighted by Gasteiger charge is -2.41. The second kappa shape index (κ2) is 6.56. The van der Waals surface area contributed by atoms with Crippen LogP contribution >= 0.6 is 0 Å². The molecule has 0 unspecified atom stereocenters. The number of amides is 1. The summed E-state index contributed by atoms with van der Waals surface area (Å²) >= 11 is 0. The lowest BCUT2D eigenvalue weighted by molar-refractivity contribution is -0.124. The van der Waals surface area contributed by atoms with Crippen LogP contribution in [0, 0.1) is 0 Å². The minimum atomic E-state index is -0.479. The van der Waals surface area contributed by atoms with Crippen molar-refractivity contribution in [2.75, 3.05) is 31.4 Å². The zero-order chi connectivity index (χ0) is 17.2. The molecule has 4 nitrogen and oxygen atoms in total. The van der Waals surface area contributed by atoms with Gasteiger partial charge in [0.05, 0.1) is 12.5 Å². The molecule has 0 heterocycles. The van der Waals surface area contributed by atoms with Crippen LogP contribution < -0.4 is 15.0 Å². The summed E-state index contributed by atoms with van der Waals surface area (Å²) in [5.74, 6) is 0.839. The molecule has 126 valence electrons. The Kier molecular flexibility index (Phi) is 4.47. The smallest absolute Gasteiger partial charge is 0.235 e. The van der Waals surface area contributed by atoms with Crippen molar-refractivity contribution in [3.05, 3.63) is 54.1 Å². The summed E-state index contributed by atoms with van der Waals surface area (Å²) in [6, 6.07) is 15.7. The first-order valence-corrected chi connectivity index (χ1v) is 8.29. The third-order valence-electron chi connectivity index (χ3n) is 4.91. The Balaban J connectivity index is 1.84. The zero-order valence-corrected chi connectivity index (χ0v) is 14.5. The molecule has 0 saturated heterocycles. The zero-order valence-electron chi connectivity index (χ0n) is 14.5. The fourth-order valence-electron chi connectivity index (χ4n) is 3.28. The fourth-order valence-corrected chi connectivity index (χ4v) is 3.28. The summed E-state index contributed by atoms with van der Waals surface area (Å²) in [5, 5.41) is 3.09. The molecule has 3 rings (SSSR count). The Labute approximate surface area is 143 Å². The average Bonchev–Trinajstić information content (AvgIpc) is 2.55. The number of nitrogens with zero attached hydrogens (tertiary/aromatic N) is 1. The van der Waals surface area contributed by atoms with Crippen LogP contribution in [0.15, 0.2) is 48.5 Å². The van der Waals surface area contributed by atoms with Gasteiger partial charge in [0.25, 0.3) is 0 Å². The first-order chi connectivity index (χ1) is 11.6. The van der Waals surface area contributed by atoms with E-state index in [9.17, 15) is 4.79 Å². The Bertz CT molecular complexity index is 719. The molecule has 0 aliphatic heterocycles. The van der Waals surface area contributed by atoms with Crippen LogP contribution in [0.4, 0.5) is 11.4 Å². The first-order valence-electron chi connectivity index (χ1n) is 8.29. The summed E-state index contributed by atoms with van der Waals surface area (Å²) in [5.41, 5.74) is 2.44. The number of benzene rings is 2. The molecule has 1 amide bonds. The predicted molar refractivity (Wildman–Crippen MR) is 97.9 cm³/mol. The van der Waals surface area contributed by atoms with E-state index >= 15 is 0 Å². The number of para-hydroxylation sites is 1. The summed E-state index contributed by atoms with van der Waals surface area (Å²) < 4.78 is 5.48. The number of ether oxygens (including phenoxy) is 1. The van der Waals surface area contributed by atoms with Gasteiger partial charge in [0.1, 0.15) is 5.75 Å². The van der Waals surface area contributed by atoms with Crippen molar-refractivity contribution in [1.29, 1.82) is 0 Å². The number of hydrogen-bond acceptors (Lipinski definition) is 3. The molecule has 1 saturated carbocycles. The summed E-state index contributed by atoms with van der Waals surface area (Å²) in [6.45, 7) is 0. The lowest BCUT2D eigenvalue weighted by Crippen LogP contribution is -2.46. The third kappa shape index (κ3) is 2.84. The number of hydrogen-bond donors (Lipinski definition) is 1. The Morgan fingerprint density at radius 2 is 1.75 bits per heavy atom. The molecule has 1 aliphatic rings. The van der Waals surface area contributed by atoms with E-state index in [1.54, 1.807) is 7.11 Å². The third-order valence-corrected chi connectivity index (χ3v) is 4.91. The Hall–Kier alpha value is -2.49. The SMILES string of the molecule is COc1ccccc1C1(C(=O)Nc2ccc(N(C)C)cc2)CCC1. The van der Waals surface area contributed by atoms with E-state index in [2.05, 4.69) is 5.32 Å². The Morgan fingerprint density at radius 3 is 2.29 bits per heavy atom. The highest BCUT2D eigenvalue weighted by molar-refractivity contribution is 6.00. The monoisotopic (exact) mass is 324 g/mol. The molecule has 0 bridgehead atoms. The standard InChI is InChI=1S/C20H24N2O2/c1-22(2)16-11-9-15(10-12-16)21-19(23)20(13-6-14-20)17-7-4-5-8-18(17)24-3/h4-5,7-12H,6,13-14H2,1-3H3,(H,21,23). The maximum absolute atomic E-state index is 13.0. The fraction of sp³-hybridized carbons (Fsp3) is 0.350. The van der Waals surface area contributed by atoms with Gasteiger partial charge in [0.2, 0.25) is 5.91 Å². The average molecular weight is 324 g/mol. The first kappa shape index (κ1) is 16.4. The number of anilines is 2. The van der Waals surface area contributed by atoms with Crippen LogP contribution in [-0.2, 0) is 10.2 Å². The van der Waals surface area contributed by atoms with Gasteiger partial charge in [-0.3, -0.25) is 4.79 Å². The Morgan fingerprint density at radius 1 is 1.08 bits per heavy atom. The molecule has 0 atom stereocenters. The van der Waals surface area contributed by atoms with Gasteiger partial charge in [0.15, 0.2) is 0 Å². The highest BCUT2D eigenvalue weighted by atomic mass is 16.5. The molecule has 2 aromatic carbocycles. The molecule has 24 heavy (non-hydrogen) atoms. The molecule has 0 spiro atoms.